The highest BCUT2D eigenvalue weighted by atomic mass is 32.2. The monoisotopic (exact) mass is 464 g/mol. The van der Waals surface area contributed by atoms with Crippen LogP contribution in [0.5, 0.6) is 11.5 Å². The second kappa shape index (κ2) is 10.1. The number of fused-ring (bicyclic) bond motifs is 1. The molecule has 0 atom stereocenters. The summed E-state index contributed by atoms with van der Waals surface area (Å²) in [6.07, 6.45) is 0. The van der Waals surface area contributed by atoms with E-state index in [1.807, 2.05) is 54.6 Å². The number of benzene rings is 3. The van der Waals surface area contributed by atoms with Crippen molar-refractivity contribution in [3.63, 3.8) is 0 Å². The number of hydrogen-bond donors (Lipinski definition) is 0. The molecule has 32 heavy (non-hydrogen) atoms. The summed E-state index contributed by atoms with van der Waals surface area (Å²) < 4.78 is 11.9. The normalized spacial score (nSPS) is 10.8. The molecular formula is C25H24N2O3S2. The van der Waals surface area contributed by atoms with Crippen molar-refractivity contribution in [2.24, 2.45) is 0 Å². The molecule has 1 aromatic heterocycles. The zero-order chi connectivity index (χ0) is 22.5. The number of amides is 1. The fourth-order valence-electron chi connectivity index (χ4n) is 3.28. The van der Waals surface area contributed by atoms with E-state index in [0.29, 0.717) is 34.4 Å². The Hall–Kier alpha value is -3.03. The summed E-state index contributed by atoms with van der Waals surface area (Å²) in [5, 5.41) is 0.626. The van der Waals surface area contributed by atoms with Crippen LogP contribution in [-0.4, -0.2) is 30.9 Å². The minimum absolute atomic E-state index is 0.00332. The van der Waals surface area contributed by atoms with Gasteiger partial charge in [-0.2, -0.15) is 0 Å². The second-order valence-corrected chi connectivity index (χ2v) is 9.24. The van der Waals surface area contributed by atoms with E-state index in [4.69, 9.17) is 14.5 Å². The highest BCUT2D eigenvalue weighted by Gasteiger charge is 2.23. The topological polar surface area (TPSA) is 51.7 Å². The van der Waals surface area contributed by atoms with Gasteiger partial charge in [-0.15, -0.1) is 11.8 Å². The van der Waals surface area contributed by atoms with Crippen molar-refractivity contribution in [1.82, 2.24) is 4.98 Å². The zero-order valence-corrected chi connectivity index (χ0v) is 19.8. The lowest BCUT2D eigenvalue weighted by atomic mass is 10.2. The van der Waals surface area contributed by atoms with Crippen LogP contribution in [0.15, 0.2) is 71.6 Å². The first-order chi connectivity index (χ1) is 15.6. The van der Waals surface area contributed by atoms with Crippen molar-refractivity contribution in [2.45, 2.75) is 18.4 Å². The summed E-state index contributed by atoms with van der Waals surface area (Å²) in [5.74, 6) is 1.69. The number of thioether (sulfide) groups is 1. The molecule has 0 aliphatic rings. The third-order valence-electron chi connectivity index (χ3n) is 5.00. The van der Waals surface area contributed by atoms with Gasteiger partial charge in [0.1, 0.15) is 21.7 Å². The maximum atomic E-state index is 13.4. The number of aromatic nitrogens is 1. The van der Waals surface area contributed by atoms with Gasteiger partial charge in [-0.3, -0.25) is 9.69 Å². The molecule has 164 valence electrons. The third-order valence-corrected chi connectivity index (χ3v) is 7.09. The van der Waals surface area contributed by atoms with Crippen molar-refractivity contribution in [2.75, 3.05) is 24.9 Å². The molecule has 3 aromatic carbocycles. The Morgan fingerprint density at radius 2 is 1.66 bits per heavy atom. The number of methoxy groups -OCH3 is 2. The maximum absolute atomic E-state index is 13.4. The molecule has 0 saturated heterocycles. The quantitative estimate of drug-likeness (QED) is 0.302. The van der Waals surface area contributed by atoms with Crippen LogP contribution >= 0.6 is 23.1 Å². The van der Waals surface area contributed by atoms with Gasteiger partial charge in [0.15, 0.2) is 5.13 Å². The van der Waals surface area contributed by atoms with Crippen LogP contribution in [-0.2, 0) is 11.3 Å². The molecule has 0 unspecified atom stereocenters. The molecule has 0 bridgehead atoms. The van der Waals surface area contributed by atoms with E-state index < -0.39 is 0 Å². The molecule has 0 fully saturated rings. The Bertz CT molecular complexity index is 1170. The number of carbonyl (C=O) groups is 1. The van der Waals surface area contributed by atoms with Gasteiger partial charge in [0, 0.05) is 4.90 Å². The van der Waals surface area contributed by atoms with Gasteiger partial charge < -0.3 is 9.47 Å². The van der Waals surface area contributed by atoms with Gasteiger partial charge in [-0.1, -0.05) is 59.4 Å². The Morgan fingerprint density at radius 1 is 0.969 bits per heavy atom. The van der Waals surface area contributed by atoms with Crippen molar-refractivity contribution in [3.8, 4) is 11.5 Å². The van der Waals surface area contributed by atoms with E-state index in [-0.39, 0.29) is 5.91 Å². The summed E-state index contributed by atoms with van der Waals surface area (Å²) in [6, 6.07) is 21.8. The van der Waals surface area contributed by atoms with Gasteiger partial charge in [-0.05, 0) is 36.8 Å². The molecule has 1 amide bonds. The van der Waals surface area contributed by atoms with Crippen molar-refractivity contribution < 1.29 is 14.3 Å². The minimum Gasteiger partial charge on any atom is -0.495 e. The van der Waals surface area contributed by atoms with E-state index in [1.165, 1.54) is 28.7 Å². The number of anilines is 1. The number of thiazole rings is 1. The number of ether oxygens (including phenoxy) is 2. The van der Waals surface area contributed by atoms with Crippen LogP contribution in [0.1, 0.15) is 11.1 Å². The van der Waals surface area contributed by atoms with Crippen LogP contribution in [0.2, 0.25) is 0 Å². The second-order valence-electron chi connectivity index (χ2n) is 7.21. The highest BCUT2D eigenvalue weighted by molar-refractivity contribution is 8.00. The Kier molecular flexibility index (Phi) is 6.97. The van der Waals surface area contributed by atoms with E-state index >= 15 is 0 Å². The molecule has 0 radical (unpaired) electrons. The fourth-order valence-corrected chi connectivity index (χ4v) is 5.14. The van der Waals surface area contributed by atoms with Crippen LogP contribution in [0.25, 0.3) is 10.2 Å². The predicted molar refractivity (Wildman–Crippen MR) is 132 cm³/mol. The van der Waals surface area contributed by atoms with E-state index in [9.17, 15) is 4.79 Å². The van der Waals surface area contributed by atoms with Crippen LogP contribution < -0.4 is 14.4 Å². The molecule has 0 spiro atoms. The van der Waals surface area contributed by atoms with Gasteiger partial charge in [0.05, 0.1) is 26.5 Å². The van der Waals surface area contributed by atoms with Crippen molar-refractivity contribution in [3.05, 3.63) is 77.9 Å². The lowest BCUT2D eigenvalue weighted by molar-refractivity contribution is -0.116. The number of nitrogens with zero attached hydrogens (tertiary/aromatic N) is 2. The minimum atomic E-state index is -0.00332. The zero-order valence-electron chi connectivity index (χ0n) is 18.2. The molecule has 7 heteroatoms. The Balaban J connectivity index is 1.67. The van der Waals surface area contributed by atoms with Crippen LogP contribution in [0.3, 0.4) is 0 Å². The molecule has 4 aromatic rings. The largest absolute Gasteiger partial charge is 0.495 e. The number of aryl methyl sites for hydroxylation is 1. The predicted octanol–water partition coefficient (Wildman–Crippen LogP) is 5.95. The summed E-state index contributed by atoms with van der Waals surface area (Å²) in [7, 11) is 3.25. The first-order valence-electron chi connectivity index (χ1n) is 10.1. The average molecular weight is 465 g/mol. The van der Waals surface area contributed by atoms with Crippen molar-refractivity contribution in [1.29, 1.82) is 0 Å². The van der Waals surface area contributed by atoms with Crippen LogP contribution in [0.4, 0.5) is 5.13 Å². The highest BCUT2D eigenvalue weighted by Crippen LogP contribution is 2.40. The van der Waals surface area contributed by atoms with Crippen molar-refractivity contribution >= 4 is 44.4 Å². The lowest BCUT2D eigenvalue weighted by Crippen LogP contribution is -2.31. The molecule has 4 rings (SSSR count). The summed E-state index contributed by atoms with van der Waals surface area (Å²) in [4.78, 5) is 21.0. The molecule has 0 N–H and O–H groups in total. The maximum Gasteiger partial charge on any atom is 0.239 e. The Labute approximate surface area is 196 Å². The Morgan fingerprint density at radius 3 is 2.34 bits per heavy atom. The molecule has 0 saturated carbocycles. The van der Waals surface area contributed by atoms with E-state index in [1.54, 1.807) is 19.1 Å². The number of rotatable bonds is 8. The van der Waals surface area contributed by atoms with E-state index in [2.05, 4.69) is 19.1 Å². The van der Waals surface area contributed by atoms with Gasteiger partial charge in [0.2, 0.25) is 5.91 Å². The lowest BCUT2D eigenvalue weighted by Gasteiger charge is -2.20. The molecule has 0 aliphatic heterocycles. The standard InChI is InChI=1S/C25H24N2O3S2/c1-17-9-11-19(12-10-17)31-16-22(28)27(15-18-7-5-4-6-8-18)25-26-23-20(29-2)13-14-21(30-3)24(23)32-25/h4-14H,15-16H2,1-3H3. The van der Waals surface area contributed by atoms with E-state index in [0.717, 1.165) is 15.2 Å². The molecule has 5 nitrogen and oxygen atoms in total. The first-order valence-corrected chi connectivity index (χ1v) is 11.9. The molecule has 1 heterocycles. The molecular weight excluding hydrogens is 440 g/mol. The summed E-state index contributed by atoms with van der Waals surface area (Å²) in [5.41, 5.74) is 2.94. The van der Waals surface area contributed by atoms with Crippen LogP contribution in [0, 0.1) is 6.92 Å². The van der Waals surface area contributed by atoms with Gasteiger partial charge >= 0.3 is 0 Å². The SMILES string of the molecule is COc1ccc(OC)c2sc(N(Cc3ccccc3)C(=O)CSc3ccc(C)cc3)nc12. The first kappa shape index (κ1) is 22.2. The fraction of sp³-hybridized carbons (Fsp3) is 0.200. The number of carbonyl (C=O) groups excluding carboxylic acids is 1. The summed E-state index contributed by atoms with van der Waals surface area (Å²) >= 11 is 2.97. The average Bonchev–Trinajstić information content (AvgIpc) is 3.27. The van der Waals surface area contributed by atoms with Gasteiger partial charge in [-0.25, -0.2) is 4.98 Å². The number of hydrogen-bond acceptors (Lipinski definition) is 6. The smallest absolute Gasteiger partial charge is 0.239 e. The van der Waals surface area contributed by atoms with Gasteiger partial charge in [0.25, 0.3) is 0 Å². The molecule has 0 aliphatic carbocycles. The third kappa shape index (κ3) is 4.89. The summed E-state index contributed by atoms with van der Waals surface area (Å²) in [6.45, 7) is 2.50.